The summed E-state index contributed by atoms with van der Waals surface area (Å²) in [5.41, 5.74) is 2.39. The van der Waals surface area contributed by atoms with Gasteiger partial charge in [-0.2, -0.15) is 10.2 Å². The van der Waals surface area contributed by atoms with Gasteiger partial charge < -0.3 is 4.57 Å². The number of aromatic amines is 1. The van der Waals surface area contributed by atoms with Crippen LogP contribution in [0.1, 0.15) is 5.69 Å². The monoisotopic (exact) mass is 289 g/mol. The number of halogens is 1. The lowest BCUT2D eigenvalue weighted by Crippen LogP contribution is -2.00. The quantitative estimate of drug-likeness (QED) is 0.738. The van der Waals surface area contributed by atoms with Crippen molar-refractivity contribution in [1.82, 2.24) is 24.5 Å². The van der Waals surface area contributed by atoms with Crippen LogP contribution >= 0.6 is 12.2 Å². The second-order valence-electron chi connectivity index (χ2n) is 4.45. The number of H-pyrrole nitrogens is 1. The van der Waals surface area contributed by atoms with Crippen molar-refractivity contribution >= 4 is 12.2 Å². The molecule has 0 aliphatic heterocycles. The zero-order chi connectivity index (χ0) is 14.3. The van der Waals surface area contributed by atoms with Crippen LogP contribution in [0.2, 0.25) is 0 Å². The van der Waals surface area contributed by atoms with E-state index in [0.717, 1.165) is 11.3 Å². The Balaban J connectivity index is 2.14. The lowest BCUT2D eigenvalue weighted by molar-refractivity contribution is 0.625. The molecule has 2 aromatic heterocycles. The summed E-state index contributed by atoms with van der Waals surface area (Å²) in [6.45, 7) is 1.91. The van der Waals surface area contributed by atoms with E-state index in [-0.39, 0.29) is 5.82 Å². The Kier molecular flexibility index (Phi) is 2.98. The van der Waals surface area contributed by atoms with Gasteiger partial charge in [-0.15, -0.1) is 0 Å². The minimum atomic E-state index is -0.294. The fourth-order valence-electron chi connectivity index (χ4n) is 2.09. The molecular formula is C13H12FN5S. The number of nitrogens with zero attached hydrogens (tertiary/aromatic N) is 4. The maximum atomic E-state index is 13.3. The number of hydrogen-bond donors (Lipinski definition) is 1. The van der Waals surface area contributed by atoms with E-state index >= 15 is 0 Å². The molecule has 1 aromatic carbocycles. The Morgan fingerprint density at radius 3 is 2.80 bits per heavy atom. The summed E-state index contributed by atoms with van der Waals surface area (Å²) in [5, 5.41) is 11.2. The molecule has 2 heterocycles. The smallest absolute Gasteiger partial charge is 0.195 e. The molecule has 102 valence electrons. The Morgan fingerprint density at radius 2 is 2.15 bits per heavy atom. The van der Waals surface area contributed by atoms with Gasteiger partial charge in [0, 0.05) is 7.05 Å². The highest BCUT2D eigenvalue weighted by molar-refractivity contribution is 7.71. The highest BCUT2D eigenvalue weighted by Gasteiger charge is 2.14. The zero-order valence-electron chi connectivity index (χ0n) is 11.0. The van der Waals surface area contributed by atoms with E-state index in [1.54, 1.807) is 27.6 Å². The van der Waals surface area contributed by atoms with E-state index < -0.39 is 0 Å². The molecule has 0 bridgehead atoms. The highest BCUT2D eigenvalue weighted by atomic mass is 32.1. The Bertz CT molecular complexity index is 829. The predicted molar refractivity (Wildman–Crippen MR) is 75.6 cm³/mol. The van der Waals surface area contributed by atoms with Crippen molar-refractivity contribution < 1.29 is 4.39 Å². The average molecular weight is 289 g/mol. The third kappa shape index (κ3) is 1.96. The number of aromatic nitrogens is 5. The average Bonchev–Trinajstić information content (AvgIpc) is 2.95. The number of benzene rings is 1. The van der Waals surface area contributed by atoms with Gasteiger partial charge >= 0.3 is 0 Å². The molecule has 1 N–H and O–H groups in total. The molecule has 0 amide bonds. The van der Waals surface area contributed by atoms with Gasteiger partial charge in [-0.05, 0) is 37.3 Å². The van der Waals surface area contributed by atoms with E-state index in [1.165, 1.54) is 12.1 Å². The van der Waals surface area contributed by atoms with Crippen LogP contribution < -0.4 is 0 Å². The van der Waals surface area contributed by atoms with Gasteiger partial charge in [0.25, 0.3) is 0 Å². The van der Waals surface area contributed by atoms with Gasteiger partial charge in [-0.25, -0.2) is 9.07 Å². The molecule has 0 aliphatic carbocycles. The van der Waals surface area contributed by atoms with Crippen molar-refractivity contribution in [2.45, 2.75) is 6.92 Å². The molecule has 0 unspecified atom stereocenters. The lowest BCUT2D eigenvalue weighted by Gasteiger charge is -2.05. The van der Waals surface area contributed by atoms with E-state index in [9.17, 15) is 4.39 Å². The molecule has 0 spiro atoms. The van der Waals surface area contributed by atoms with E-state index in [2.05, 4.69) is 15.3 Å². The molecule has 7 heteroatoms. The van der Waals surface area contributed by atoms with Crippen LogP contribution in [0.5, 0.6) is 0 Å². The van der Waals surface area contributed by atoms with Crippen LogP contribution in [-0.4, -0.2) is 24.5 Å². The Hall–Kier alpha value is -2.28. The van der Waals surface area contributed by atoms with Gasteiger partial charge in [0.2, 0.25) is 0 Å². The first kappa shape index (κ1) is 12.7. The number of hydrogen-bond acceptors (Lipinski definition) is 3. The van der Waals surface area contributed by atoms with Crippen molar-refractivity contribution in [2.24, 2.45) is 7.05 Å². The number of nitrogens with one attached hydrogen (secondary N) is 1. The molecule has 5 nitrogen and oxygen atoms in total. The molecule has 3 aromatic rings. The van der Waals surface area contributed by atoms with Crippen LogP contribution in [0.3, 0.4) is 0 Å². The van der Waals surface area contributed by atoms with Crippen LogP contribution in [0.25, 0.3) is 17.1 Å². The summed E-state index contributed by atoms with van der Waals surface area (Å²) in [6, 6.07) is 6.30. The molecule has 0 fully saturated rings. The summed E-state index contributed by atoms with van der Waals surface area (Å²) in [6.07, 6.45) is 1.70. The van der Waals surface area contributed by atoms with Crippen molar-refractivity contribution in [3.63, 3.8) is 0 Å². The Morgan fingerprint density at radius 1 is 1.35 bits per heavy atom. The molecule has 0 atom stereocenters. The predicted octanol–water partition coefficient (Wildman–Crippen LogP) is 2.78. The topological polar surface area (TPSA) is 51.4 Å². The van der Waals surface area contributed by atoms with E-state index in [1.807, 2.05) is 14.0 Å². The summed E-state index contributed by atoms with van der Waals surface area (Å²) in [5.74, 6) is 0.410. The van der Waals surface area contributed by atoms with Crippen LogP contribution in [-0.2, 0) is 7.05 Å². The molecule has 0 saturated carbocycles. The summed E-state index contributed by atoms with van der Waals surface area (Å²) in [7, 11) is 1.83. The first-order valence-corrected chi connectivity index (χ1v) is 6.41. The summed E-state index contributed by atoms with van der Waals surface area (Å²) < 4.78 is 17.3. The molecule has 0 saturated heterocycles. The standard InChI is InChI=1S/C13H12FN5S/c1-8-11(12-16-17-13(20)18(12)2)7-15-19(8)10-5-3-4-9(14)6-10/h3-7H,1-2H3,(H,17,20). The van der Waals surface area contributed by atoms with Crippen LogP contribution in [0, 0.1) is 17.5 Å². The molecule has 0 aliphatic rings. The highest BCUT2D eigenvalue weighted by Crippen LogP contribution is 2.23. The molecule has 3 rings (SSSR count). The van der Waals surface area contributed by atoms with Gasteiger partial charge in [-0.1, -0.05) is 6.07 Å². The second kappa shape index (κ2) is 4.68. The Labute approximate surface area is 119 Å². The maximum absolute atomic E-state index is 13.3. The fourth-order valence-corrected chi connectivity index (χ4v) is 2.22. The largest absolute Gasteiger partial charge is 0.303 e. The molecular weight excluding hydrogens is 277 g/mol. The second-order valence-corrected chi connectivity index (χ2v) is 4.83. The fraction of sp³-hybridized carbons (Fsp3) is 0.154. The van der Waals surface area contributed by atoms with Crippen molar-refractivity contribution in [2.75, 3.05) is 0 Å². The normalized spacial score (nSPS) is 10.9. The summed E-state index contributed by atoms with van der Waals surface area (Å²) >= 11 is 5.10. The first-order valence-electron chi connectivity index (χ1n) is 6.00. The minimum Gasteiger partial charge on any atom is -0.303 e. The SMILES string of the molecule is Cc1c(-c2n[nH]c(=S)n2C)cnn1-c1cccc(F)c1. The van der Waals surface area contributed by atoms with Gasteiger partial charge in [0.15, 0.2) is 10.6 Å². The number of rotatable bonds is 2. The summed E-state index contributed by atoms with van der Waals surface area (Å²) in [4.78, 5) is 0. The van der Waals surface area contributed by atoms with E-state index in [0.29, 0.717) is 16.3 Å². The van der Waals surface area contributed by atoms with Crippen LogP contribution in [0.4, 0.5) is 4.39 Å². The van der Waals surface area contributed by atoms with Gasteiger partial charge in [0.05, 0.1) is 23.1 Å². The zero-order valence-corrected chi connectivity index (χ0v) is 11.8. The first-order chi connectivity index (χ1) is 9.58. The van der Waals surface area contributed by atoms with Crippen LogP contribution in [0.15, 0.2) is 30.5 Å². The third-order valence-corrected chi connectivity index (χ3v) is 3.55. The minimum absolute atomic E-state index is 0.294. The maximum Gasteiger partial charge on any atom is 0.195 e. The molecule has 0 radical (unpaired) electrons. The third-order valence-electron chi connectivity index (χ3n) is 3.18. The van der Waals surface area contributed by atoms with E-state index in [4.69, 9.17) is 12.2 Å². The van der Waals surface area contributed by atoms with Crippen molar-refractivity contribution in [3.8, 4) is 17.1 Å². The molecule has 20 heavy (non-hydrogen) atoms. The lowest BCUT2D eigenvalue weighted by atomic mass is 10.2. The van der Waals surface area contributed by atoms with Crippen molar-refractivity contribution in [3.05, 3.63) is 46.7 Å². The van der Waals surface area contributed by atoms with Gasteiger partial charge in [0.1, 0.15) is 5.82 Å². The van der Waals surface area contributed by atoms with Gasteiger partial charge in [-0.3, -0.25) is 5.10 Å². The van der Waals surface area contributed by atoms with Crippen molar-refractivity contribution in [1.29, 1.82) is 0 Å².